The first-order valence-corrected chi connectivity index (χ1v) is 10.8. The summed E-state index contributed by atoms with van der Waals surface area (Å²) in [6.07, 6.45) is 3.56. The van der Waals surface area contributed by atoms with Gasteiger partial charge in [-0.05, 0) is 49.2 Å². The highest BCUT2D eigenvalue weighted by Gasteiger charge is 2.27. The van der Waals surface area contributed by atoms with E-state index in [0.29, 0.717) is 32.9 Å². The van der Waals surface area contributed by atoms with Gasteiger partial charge in [-0.1, -0.05) is 29.8 Å². The molecule has 2 N–H and O–H groups in total. The molecular formula is C24H21ClN4O3. The number of hydrogen-bond acceptors (Lipinski definition) is 5. The topological polar surface area (TPSA) is 89.3 Å². The molecule has 0 aliphatic carbocycles. The summed E-state index contributed by atoms with van der Waals surface area (Å²) >= 11 is 6.50. The summed E-state index contributed by atoms with van der Waals surface area (Å²) in [7, 11) is 0. The molecule has 32 heavy (non-hydrogen) atoms. The number of aromatic hydroxyl groups is 1. The van der Waals surface area contributed by atoms with Crippen LogP contribution in [0.1, 0.15) is 29.4 Å². The van der Waals surface area contributed by atoms with Gasteiger partial charge in [0.2, 0.25) is 0 Å². The van der Waals surface area contributed by atoms with Crippen LogP contribution in [0.2, 0.25) is 5.02 Å². The summed E-state index contributed by atoms with van der Waals surface area (Å²) in [6, 6.07) is 15.6. The average Bonchev–Trinajstić information content (AvgIpc) is 3.42. The van der Waals surface area contributed by atoms with Gasteiger partial charge in [-0.3, -0.25) is 14.5 Å². The molecule has 4 aromatic rings. The Kier molecular flexibility index (Phi) is 5.41. The Hall–Kier alpha value is -3.58. The van der Waals surface area contributed by atoms with E-state index in [1.54, 1.807) is 36.5 Å². The van der Waals surface area contributed by atoms with E-state index in [2.05, 4.69) is 15.4 Å². The highest BCUT2D eigenvalue weighted by Crippen LogP contribution is 2.38. The number of carbonyl (C=O) groups excluding carboxylic acids is 1. The van der Waals surface area contributed by atoms with Gasteiger partial charge >= 0.3 is 0 Å². The van der Waals surface area contributed by atoms with Gasteiger partial charge in [-0.2, -0.15) is 5.10 Å². The minimum absolute atomic E-state index is 0.0348. The van der Waals surface area contributed by atoms with Crippen LogP contribution in [0.5, 0.6) is 11.5 Å². The molecule has 2 aromatic carbocycles. The number of pyridine rings is 1. The fraction of sp³-hybridized carbons (Fsp3) is 0.208. The van der Waals surface area contributed by atoms with Crippen molar-refractivity contribution in [1.29, 1.82) is 0 Å². The first-order chi connectivity index (χ1) is 15.6. The van der Waals surface area contributed by atoms with E-state index in [9.17, 15) is 9.90 Å². The van der Waals surface area contributed by atoms with E-state index in [-0.39, 0.29) is 18.3 Å². The van der Waals surface area contributed by atoms with Gasteiger partial charge in [-0.15, -0.1) is 0 Å². The first kappa shape index (κ1) is 20.3. The molecule has 1 unspecified atom stereocenters. The number of benzene rings is 2. The lowest BCUT2D eigenvalue weighted by Gasteiger charge is -2.20. The molecule has 0 bridgehead atoms. The molecule has 3 heterocycles. The summed E-state index contributed by atoms with van der Waals surface area (Å²) in [6.45, 7) is 0.660. The molecule has 162 valence electrons. The number of aromatic nitrogens is 3. The maximum absolute atomic E-state index is 12.8. The minimum Gasteiger partial charge on any atom is -0.505 e. The van der Waals surface area contributed by atoms with Crippen LogP contribution >= 0.6 is 11.6 Å². The molecule has 7 nitrogen and oxygen atoms in total. The number of para-hydroxylation sites is 1. The van der Waals surface area contributed by atoms with Crippen LogP contribution in [0.4, 0.5) is 0 Å². The summed E-state index contributed by atoms with van der Waals surface area (Å²) in [5, 5.41) is 19.7. The second-order valence-corrected chi connectivity index (χ2v) is 8.09. The van der Waals surface area contributed by atoms with Crippen molar-refractivity contribution in [2.45, 2.75) is 25.4 Å². The average molecular weight is 449 g/mol. The van der Waals surface area contributed by atoms with E-state index in [4.69, 9.17) is 16.3 Å². The number of amides is 1. The van der Waals surface area contributed by atoms with Crippen LogP contribution in [-0.4, -0.2) is 32.4 Å². The van der Waals surface area contributed by atoms with Gasteiger partial charge in [-0.25, -0.2) is 0 Å². The lowest BCUT2D eigenvalue weighted by atomic mass is 9.99. The predicted molar refractivity (Wildman–Crippen MR) is 121 cm³/mol. The zero-order chi connectivity index (χ0) is 22.1. The van der Waals surface area contributed by atoms with Crippen LogP contribution in [0.25, 0.3) is 10.9 Å². The number of nitrogens with one attached hydrogen (secondary N) is 1. The van der Waals surface area contributed by atoms with E-state index in [1.807, 2.05) is 28.9 Å². The molecule has 1 aliphatic heterocycles. The van der Waals surface area contributed by atoms with Gasteiger partial charge in [0.05, 0.1) is 10.7 Å². The van der Waals surface area contributed by atoms with Crippen molar-refractivity contribution >= 4 is 28.4 Å². The number of phenols is 1. The summed E-state index contributed by atoms with van der Waals surface area (Å²) in [5.74, 6) is 0.219. The second-order valence-electron chi connectivity index (χ2n) is 7.69. The first-order valence-electron chi connectivity index (χ1n) is 10.4. The highest BCUT2D eigenvalue weighted by atomic mass is 35.5. The Morgan fingerprint density at radius 1 is 1.22 bits per heavy atom. The third kappa shape index (κ3) is 3.87. The quantitative estimate of drug-likeness (QED) is 0.465. The standard InChI is InChI=1S/C24H21ClN4O3/c25-19-13-18(24(31)23-17(19)9-4-10-26-23)22(20-12-15-6-5-11-29(15)28-20)27-21(30)14-32-16-7-2-1-3-8-16/h1-4,7-10,12-13,22,31H,5-6,11,14H2,(H,27,30). The molecular weight excluding hydrogens is 428 g/mol. The van der Waals surface area contributed by atoms with Crippen LogP contribution in [-0.2, 0) is 17.8 Å². The number of halogens is 1. The summed E-state index contributed by atoms with van der Waals surface area (Å²) in [5.41, 5.74) is 2.55. The molecule has 1 atom stereocenters. The lowest BCUT2D eigenvalue weighted by molar-refractivity contribution is -0.123. The highest BCUT2D eigenvalue weighted by molar-refractivity contribution is 6.35. The molecule has 1 amide bonds. The normalized spacial score (nSPS) is 13.7. The monoisotopic (exact) mass is 448 g/mol. The van der Waals surface area contributed by atoms with Crippen LogP contribution in [0, 0.1) is 0 Å². The van der Waals surface area contributed by atoms with Gasteiger partial charge in [0.1, 0.15) is 23.1 Å². The van der Waals surface area contributed by atoms with Crippen LogP contribution < -0.4 is 10.1 Å². The van der Waals surface area contributed by atoms with Gasteiger partial charge in [0.15, 0.2) is 6.61 Å². The minimum atomic E-state index is -0.705. The maximum Gasteiger partial charge on any atom is 0.258 e. The number of nitrogens with zero attached hydrogens (tertiary/aromatic N) is 3. The fourth-order valence-electron chi connectivity index (χ4n) is 4.03. The van der Waals surface area contributed by atoms with E-state index in [0.717, 1.165) is 25.1 Å². The van der Waals surface area contributed by atoms with E-state index < -0.39 is 6.04 Å². The Bertz CT molecular complexity index is 1270. The number of rotatable bonds is 6. The zero-order valence-electron chi connectivity index (χ0n) is 17.2. The Labute approximate surface area is 189 Å². The number of hydrogen-bond donors (Lipinski definition) is 2. The number of fused-ring (bicyclic) bond motifs is 2. The van der Waals surface area contributed by atoms with Crippen molar-refractivity contribution in [3.05, 3.63) is 82.8 Å². The Morgan fingerprint density at radius 2 is 2.06 bits per heavy atom. The molecule has 1 aliphatic rings. The summed E-state index contributed by atoms with van der Waals surface area (Å²) < 4.78 is 7.52. The molecule has 0 radical (unpaired) electrons. The molecule has 5 rings (SSSR count). The lowest BCUT2D eigenvalue weighted by Crippen LogP contribution is -2.33. The third-order valence-corrected chi connectivity index (χ3v) is 5.87. The SMILES string of the molecule is O=C(COc1ccccc1)NC(c1cc2n(n1)CCC2)c1cc(Cl)c2cccnc2c1O. The van der Waals surface area contributed by atoms with Gasteiger partial charge in [0.25, 0.3) is 5.91 Å². The molecule has 0 spiro atoms. The Balaban J connectivity index is 1.49. The molecule has 0 saturated carbocycles. The van der Waals surface area contributed by atoms with Crippen molar-refractivity contribution in [3.63, 3.8) is 0 Å². The van der Waals surface area contributed by atoms with Crippen LogP contribution in [0.3, 0.4) is 0 Å². The molecule has 0 saturated heterocycles. The number of phenolic OH excluding ortho intramolecular Hbond substituents is 1. The molecule has 0 fully saturated rings. The molecule has 8 heteroatoms. The predicted octanol–water partition coefficient (Wildman–Crippen LogP) is 4.02. The Morgan fingerprint density at radius 3 is 2.88 bits per heavy atom. The van der Waals surface area contributed by atoms with Crippen molar-refractivity contribution in [2.75, 3.05) is 6.61 Å². The molecule has 2 aromatic heterocycles. The maximum atomic E-state index is 12.8. The van der Waals surface area contributed by atoms with Crippen molar-refractivity contribution in [3.8, 4) is 11.5 Å². The number of ether oxygens (including phenoxy) is 1. The zero-order valence-corrected chi connectivity index (χ0v) is 17.9. The van der Waals surface area contributed by atoms with E-state index in [1.165, 1.54) is 0 Å². The number of aryl methyl sites for hydroxylation is 2. The van der Waals surface area contributed by atoms with E-state index >= 15 is 0 Å². The van der Waals surface area contributed by atoms with Crippen molar-refractivity contribution in [2.24, 2.45) is 0 Å². The van der Waals surface area contributed by atoms with Crippen molar-refractivity contribution < 1.29 is 14.6 Å². The fourth-order valence-corrected chi connectivity index (χ4v) is 4.30. The second kappa shape index (κ2) is 8.51. The van der Waals surface area contributed by atoms with Gasteiger partial charge in [0, 0.05) is 29.4 Å². The van der Waals surface area contributed by atoms with Gasteiger partial charge < -0.3 is 15.2 Å². The largest absolute Gasteiger partial charge is 0.505 e. The smallest absolute Gasteiger partial charge is 0.258 e. The number of carbonyl (C=O) groups is 1. The third-order valence-electron chi connectivity index (χ3n) is 5.56. The van der Waals surface area contributed by atoms with Crippen LogP contribution in [0.15, 0.2) is 60.8 Å². The summed E-state index contributed by atoms with van der Waals surface area (Å²) in [4.78, 5) is 17.1. The van der Waals surface area contributed by atoms with Crippen molar-refractivity contribution in [1.82, 2.24) is 20.1 Å².